The van der Waals surface area contributed by atoms with Gasteiger partial charge in [0.25, 0.3) is 0 Å². The van der Waals surface area contributed by atoms with E-state index >= 15 is 0 Å². The molecule has 0 unspecified atom stereocenters. The Hall–Kier alpha value is -2.62. The Bertz CT molecular complexity index is 783. The SMILES string of the molecule is [B]OC(=C(C#N)c1nc(C)c(C)o1)c1nc(C)c(C)nc1C. The predicted octanol–water partition coefficient (Wildman–Crippen LogP) is 2.50. The van der Waals surface area contributed by atoms with Gasteiger partial charge < -0.3 is 9.07 Å². The van der Waals surface area contributed by atoms with Crippen LogP contribution in [0, 0.1) is 45.9 Å². The molecule has 0 aliphatic rings. The van der Waals surface area contributed by atoms with Crippen LogP contribution in [0.5, 0.6) is 0 Å². The van der Waals surface area contributed by atoms with E-state index in [1.54, 1.807) is 20.8 Å². The molecular weight excluding hydrogens is 279 g/mol. The van der Waals surface area contributed by atoms with Gasteiger partial charge in [0, 0.05) is 0 Å². The van der Waals surface area contributed by atoms with Crippen molar-refractivity contribution in [2.75, 3.05) is 0 Å². The minimum atomic E-state index is 0.0827. The molecule has 0 saturated heterocycles. The number of aryl methyl sites for hydroxylation is 5. The predicted molar refractivity (Wildman–Crippen MR) is 81.5 cm³/mol. The van der Waals surface area contributed by atoms with Crippen LogP contribution in [0.25, 0.3) is 11.3 Å². The Balaban J connectivity index is 2.72. The minimum absolute atomic E-state index is 0.0827. The van der Waals surface area contributed by atoms with Crippen molar-refractivity contribution < 1.29 is 9.07 Å². The first-order valence-corrected chi connectivity index (χ1v) is 6.66. The van der Waals surface area contributed by atoms with E-state index in [0.29, 0.717) is 22.8 Å². The summed E-state index contributed by atoms with van der Waals surface area (Å²) >= 11 is 0. The molecule has 2 aromatic heterocycles. The monoisotopic (exact) mass is 294 g/mol. The zero-order chi connectivity index (χ0) is 16.4. The first-order valence-electron chi connectivity index (χ1n) is 6.66. The van der Waals surface area contributed by atoms with Gasteiger partial charge >= 0.3 is 8.05 Å². The molecule has 0 aliphatic carbocycles. The molecule has 2 aromatic rings. The maximum atomic E-state index is 9.47. The van der Waals surface area contributed by atoms with Crippen LogP contribution in [0.2, 0.25) is 0 Å². The van der Waals surface area contributed by atoms with Gasteiger partial charge in [-0.15, -0.1) is 0 Å². The van der Waals surface area contributed by atoms with Gasteiger partial charge in [-0.2, -0.15) is 5.26 Å². The number of hydrogen-bond acceptors (Lipinski definition) is 6. The second-order valence-electron chi connectivity index (χ2n) is 4.92. The summed E-state index contributed by atoms with van der Waals surface area (Å²) in [5, 5.41) is 9.47. The fourth-order valence-electron chi connectivity index (χ4n) is 1.94. The van der Waals surface area contributed by atoms with Crippen LogP contribution in [0.15, 0.2) is 4.42 Å². The van der Waals surface area contributed by atoms with E-state index in [1.165, 1.54) is 0 Å². The number of allylic oxidation sites excluding steroid dienone is 1. The van der Waals surface area contributed by atoms with Crippen LogP contribution in [0.3, 0.4) is 0 Å². The van der Waals surface area contributed by atoms with Crippen LogP contribution in [0.4, 0.5) is 0 Å². The standard InChI is InChI=1S/C15H15BN4O2/c1-7-8(2)19-13(10(4)18-7)14(22-16)12(6-17)15-20-9(3)11(5)21-15/h1-5H3. The summed E-state index contributed by atoms with van der Waals surface area (Å²) in [5.74, 6) is 0.872. The smallest absolute Gasteiger partial charge is 0.374 e. The number of nitriles is 1. The van der Waals surface area contributed by atoms with Crippen LogP contribution in [-0.2, 0) is 4.65 Å². The molecule has 0 spiro atoms. The largest absolute Gasteiger partial charge is 0.565 e. The van der Waals surface area contributed by atoms with Gasteiger partial charge in [0.05, 0.1) is 22.8 Å². The van der Waals surface area contributed by atoms with Crippen molar-refractivity contribution in [1.82, 2.24) is 15.0 Å². The molecule has 0 aromatic carbocycles. The summed E-state index contributed by atoms with van der Waals surface area (Å²) in [5.41, 5.74) is 3.32. The third kappa shape index (κ3) is 2.73. The first-order chi connectivity index (χ1) is 10.4. The highest BCUT2D eigenvalue weighted by Gasteiger charge is 2.21. The Morgan fingerprint density at radius 1 is 1.00 bits per heavy atom. The van der Waals surface area contributed by atoms with E-state index in [2.05, 4.69) is 15.0 Å². The van der Waals surface area contributed by atoms with E-state index in [-0.39, 0.29) is 17.2 Å². The molecular formula is C15H15BN4O2. The van der Waals surface area contributed by atoms with Gasteiger partial charge in [-0.1, -0.05) is 0 Å². The molecule has 0 bridgehead atoms. The topological polar surface area (TPSA) is 84.8 Å². The molecule has 7 heteroatoms. The lowest BCUT2D eigenvalue weighted by Crippen LogP contribution is -2.05. The lowest BCUT2D eigenvalue weighted by atomic mass is 10.1. The average Bonchev–Trinajstić information content (AvgIpc) is 2.80. The number of oxazole rings is 1. The van der Waals surface area contributed by atoms with Crippen LogP contribution in [-0.4, -0.2) is 23.0 Å². The fraction of sp³-hybridized carbons (Fsp3) is 0.333. The van der Waals surface area contributed by atoms with Crippen molar-refractivity contribution >= 4 is 19.4 Å². The van der Waals surface area contributed by atoms with E-state index in [0.717, 1.165) is 11.4 Å². The molecule has 2 heterocycles. The first kappa shape index (κ1) is 15.8. The van der Waals surface area contributed by atoms with Gasteiger partial charge in [0.1, 0.15) is 23.3 Å². The molecule has 0 fully saturated rings. The summed E-state index contributed by atoms with van der Waals surface area (Å²) < 4.78 is 10.4. The lowest BCUT2D eigenvalue weighted by molar-refractivity contribution is 0.508. The highest BCUT2D eigenvalue weighted by Crippen LogP contribution is 2.27. The Morgan fingerprint density at radius 3 is 2.14 bits per heavy atom. The summed E-state index contributed by atoms with van der Waals surface area (Å²) in [4.78, 5) is 13.0. The Labute approximate surface area is 130 Å². The molecule has 0 atom stereocenters. The van der Waals surface area contributed by atoms with Gasteiger partial charge in [0.2, 0.25) is 5.89 Å². The van der Waals surface area contributed by atoms with Crippen LogP contribution >= 0.6 is 0 Å². The van der Waals surface area contributed by atoms with Gasteiger partial charge in [-0.25, -0.2) is 9.97 Å². The van der Waals surface area contributed by atoms with E-state index in [4.69, 9.17) is 17.1 Å². The summed E-state index contributed by atoms with van der Waals surface area (Å²) in [7, 11) is 5.37. The van der Waals surface area contributed by atoms with E-state index in [9.17, 15) is 5.26 Å². The van der Waals surface area contributed by atoms with Crippen LogP contribution in [0.1, 0.15) is 40.1 Å². The normalized spacial score (nSPS) is 11.8. The van der Waals surface area contributed by atoms with Crippen molar-refractivity contribution in [3.63, 3.8) is 0 Å². The zero-order valence-electron chi connectivity index (χ0n) is 13.2. The molecule has 110 valence electrons. The van der Waals surface area contributed by atoms with Gasteiger partial charge in [-0.3, -0.25) is 4.98 Å². The second kappa shape index (κ2) is 6.02. The van der Waals surface area contributed by atoms with Gasteiger partial charge in [0.15, 0.2) is 5.57 Å². The molecule has 6 nitrogen and oxygen atoms in total. The number of aromatic nitrogens is 3. The summed E-state index contributed by atoms with van der Waals surface area (Å²) in [6.07, 6.45) is 0. The van der Waals surface area contributed by atoms with Crippen molar-refractivity contribution in [3.8, 4) is 6.07 Å². The molecule has 0 N–H and O–H groups in total. The number of hydrogen-bond donors (Lipinski definition) is 0. The number of nitrogens with zero attached hydrogens (tertiary/aromatic N) is 4. The third-order valence-electron chi connectivity index (χ3n) is 3.40. The molecule has 0 amide bonds. The second-order valence-corrected chi connectivity index (χ2v) is 4.92. The highest BCUT2D eigenvalue weighted by atomic mass is 16.4. The van der Waals surface area contributed by atoms with Crippen LogP contribution < -0.4 is 0 Å². The Kier molecular flexibility index (Phi) is 4.31. The van der Waals surface area contributed by atoms with Crippen molar-refractivity contribution in [2.45, 2.75) is 34.6 Å². The average molecular weight is 294 g/mol. The van der Waals surface area contributed by atoms with Crippen molar-refractivity contribution in [2.24, 2.45) is 0 Å². The fourth-order valence-corrected chi connectivity index (χ4v) is 1.94. The Morgan fingerprint density at radius 2 is 1.64 bits per heavy atom. The maximum Gasteiger partial charge on any atom is 0.374 e. The summed E-state index contributed by atoms with van der Waals surface area (Å²) in [6, 6.07) is 2.02. The highest BCUT2D eigenvalue weighted by molar-refractivity contribution is 6.05. The van der Waals surface area contributed by atoms with Crippen molar-refractivity contribution in [3.05, 3.63) is 40.1 Å². The van der Waals surface area contributed by atoms with Crippen molar-refractivity contribution in [1.29, 1.82) is 5.26 Å². The molecule has 0 aliphatic heterocycles. The molecule has 2 rings (SSSR count). The molecule has 22 heavy (non-hydrogen) atoms. The summed E-state index contributed by atoms with van der Waals surface area (Å²) in [6.45, 7) is 9.02. The maximum absolute atomic E-state index is 9.47. The van der Waals surface area contributed by atoms with E-state index in [1.807, 2.05) is 19.9 Å². The lowest BCUT2D eigenvalue weighted by Gasteiger charge is -2.12. The third-order valence-corrected chi connectivity index (χ3v) is 3.40. The molecule has 2 radical (unpaired) electrons. The zero-order valence-corrected chi connectivity index (χ0v) is 13.2. The van der Waals surface area contributed by atoms with Gasteiger partial charge in [-0.05, 0) is 34.6 Å². The quantitative estimate of drug-likeness (QED) is 0.491. The molecule has 0 saturated carbocycles. The number of rotatable bonds is 3. The minimum Gasteiger partial charge on any atom is -0.565 e. The van der Waals surface area contributed by atoms with E-state index < -0.39 is 0 Å².